The molecule has 0 saturated heterocycles. The summed E-state index contributed by atoms with van der Waals surface area (Å²) in [6.45, 7) is 1.04. The molecule has 0 fully saturated rings. The van der Waals surface area contributed by atoms with Crippen LogP contribution in [-0.4, -0.2) is 36.2 Å². The highest BCUT2D eigenvalue weighted by molar-refractivity contribution is 5.74. The Morgan fingerprint density at radius 3 is 3.06 bits per heavy atom. The van der Waals surface area contributed by atoms with Gasteiger partial charge in [0.15, 0.2) is 0 Å². The zero-order valence-electron chi connectivity index (χ0n) is 9.60. The molecule has 2 heterocycles. The van der Waals surface area contributed by atoms with Crippen LogP contribution in [0.1, 0.15) is 12.0 Å². The number of rotatable bonds is 1. The normalized spacial score (nSPS) is 15.4. The summed E-state index contributed by atoms with van der Waals surface area (Å²) >= 11 is 0. The zero-order chi connectivity index (χ0) is 12.3. The van der Waals surface area contributed by atoms with Gasteiger partial charge in [0.25, 0.3) is 5.56 Å². The molecule has 5 heteroatoms. The molecule has 0 aromatic carbocycles. The minimum Gasteiger partial charge on any atom is -0.453 e. The fourth-order valence-electron chi connectivity index (χ4n) is 1.90. The summed E-state index contributed by atoms with van der Waals surface area (Å²) in [5.74, 6) is 0. The van der Waals surface area contributed by atoms with Gasteiger partial charge in [0.2, 0.25) is 0 Å². The summed E-state index contributed by atoms with van der Waals surface area (Å²) in [6, 6.07) is 3.53. The smallest absolute Gasteiger partial charge is 0.409 e. The first kappa shape index (κ1) is 11.4. The Balaban J connectivity index is 2.24. The van der Waals surface area contributed by atoms with E-state index in [0.717, 1.165) is 12.0 Å². The van der Waals surface area contributed by atoms with Crippen LogP contribution in [0.5, 0.6) is 0 Å². The van der Waals surface area contributed by atoms with Crippen LogP contribution in [0.3, 0.4) is 0 Å². The Hall–Kier alpha value is -2.04. The minimum atomic E-state index is -0.358. The summed E-state index contributed by atoms with van der Waals surface area (Å²) in [5, 5.41) is 0. The van der Waals surface area contributed by atoms with E-state index in [0.29, 0.717) is 18.7 Å². The highest BCUT2D eigenvalue weighted by Crippen LogP contribution is 2.18. The standard InChI is InChI=1S/C12H14N2O3/c1-17-12(16)14-7-3-4-9(8-14)10-5-2-6-13-11(10)15/h2,4-6H,3,7-8H2,1H3,(H,13,15). The van der Waals surface area contributed by atoms with Gasteiger partial charge in [-0.25, -0.2) is 4.79 Å². The van der Waals surface area contributed by atoms with Crippen molar-refractivity contribution < 1.29 is 9.53 Å². The zero-order valence-corrected chi connectivity index (χ0v) is 9.60. The number of amides is 1. The minimum absolute atomic E-state index is 0.134. The van der Waals surface area contributed by atoms with Gasteiger partial charge in [0.1, 0.15) is 0 Å². The third-order valence-electron chi connectivity index (χ3n) is 2.75. The highest BCUT2D eigenvalue weighted by atomic mass is 16.5. The second-order valence-corrected chi connectivity index (χ2v) is 3.82. The van der Waals surface area contributed by atoms with Crippen LogP contribution >= 0.6 is 0 Å². The molecule has 1 aromatic heterocycles. The molecule has 0 aliphatic carbocycles. The van der Waals surface area contributed by atoms with E-state index in [1.807, 2.05) is 6.08 Å². The molecule has 1 N–H and O–H groups in total. The van der Waals surface area contributed by atoms with Crippen molar-refractivity contribution in [2.45, 2.75) is 6.42 Å². The average Bonchev–Trinajstić information content (AvgIpc) is 2.38. The van der Waals surface area contributed by atoms with Crippen LogP contribution in [0.2, 0.25) is 0 Å². The number of carbonyl (C=O) groups is 1. The van der Waals surface area contributed by atoms with Crippen molar-refractivity contribution in [1.82, 2.24) is 9.88 Å². The van der Waals surface area contributed by atoms with Gasteiger partial charge in [-0.3, -0.25) is 4.79 Å². The molecular formula is C12H14N2O3. The average molecular weight is 234 g/mol. The summed E-state index contributed by atoms with van der Waals surface area (Å²) in [5.41, 5.74) is 1.34. The van der Waals surface area contributed by atoms with Gasteiger partial charge < -0.3 is 14.6 Å². The fraction of sp³-hybridized carbons (Fsp3) is 0.333. The monoisotopic (exact) mass is 234 g/mol. The topological polar surface area (TPSA) is 62.4 Å². The molecule has 1 aliphatic heterocycles. The van der Waals surface area contributed by atoms with Gasteiger partial charge in [-0.15, -0.1) is 0 Å². The van der Waals surface area contributed by atoms with E-state index in [2.05, 4.69) is 9.72 Å². The molecular weight excluding hydrogens is 220 g/mol. The van der Waals surface area contributed by atoms with Crippen molar-refractivity contribution in [3.05, 3.63) is 40.3 Å². The number of nitrogens with one attached hydrogen (secondary N) is 1. The van der Waals surface area contributed by atoms with Crippen molar-refractivity contribution >= 4 is 11.7 Å². The number of H-pyrrole nitrogens is 1. The van der Waals surface area contributed by atoms with Crippen LogP contribution in [0.4, 0.5) is 4.79 Å². The fourth-order valence-corrected chi connectivity index (χ4v) is 1.90. The molecule has 0 radical (unpaired) electrons. The molecule has 0 saturated carbocycles. The van der Waals surface area contributed by atoms with Gasteiger partial charge >= 0.3 is 6.09 Å². The summed E-state index contributed by atoms with van der Waals surface area (Å²) < 4.78 is 4.68. The number of methoxy groups -OCH3 is 1. The van der Waals surface area contributed by atoms with E-state index < -0.39 is 0 Å². The van der Waals surface area contributed by atoms with Crippen LogP contribution < -0.4 is 5.56 Å². The lowest BCUT2D eigenvalue weighted by atomic mass is 10.0. The first-order valence-electron chi connectivity index (χ1n) is 5.42. The van der Waals surface area contributed by atoms with Crippen LogP contribution in [0, 0.1) is 0 Å². The number of hydrogen-bond acceptors (Lipinski definition) is 3. The third kappa shape index (κ3) is 2.38. The first-order valence-corrected chi connectivity index (χ1v) is 5.42. The van der Waals surface area contributed by atoms with E-state index in [-0.39, 0.29) is 11.7 Å². The predicted molar refractivity (Wildman–Crippen MR) is 63.6 cm³/mol. The number of aromatic amines is 1. The van der Waals surface area contributed by atoms with Crippen LogP contribution in [-0.2, 0) is 4.74 Å². The van der Waals surface area contributed by atoms with Crippen molar-refractivity contribution in [3.8, 4) is 0 Å². The maximum atomic E-state index is 11.6. The van der Waals surface area contributed by atoms with E-state index in [9.17, 15) is 9.59 Å². The van der Waals surface area contributed by atoms with Gasteiger partial charge in [-0.05, 0) is 24.1 Å². The molecule has 1 aliphatic rings. The highest BCUT2D eigenvalue weighted by Gasteiger charge is 2.20. The Bertz CT molecular complexity index is 504. The molecule has 0 unspecified atom stereocenters. The molecule has 0 bridgehead atoms. The predicted octanol–water partition coefficient (Wildman–Crippen LogP) is 1.23. The number of pyridine rings is 1. The van der Waals surface area contributed by atoms with Crippen molar-refractivity contribution in [2.75, 3.05) is 20.2 Å². The van der Waals surface area contributed by atoms with Gasteiger partial charge in [-0.2, -0.15) is 0 Å². The summed E-state index contributed by atoms with van der Waals surface area (Å²) in [7, 11) is 1.36. The molecule has 0 atom stereocenters. The second-order valence-electron chi connectivity index (χ2n) is 3.82. The van der Waals surface area contributed by atoms with Gasteiger partial charge in [-0.1, -0.05) is 6.08 Å². The number of hydrogen-bond donors (Lipinski definition) is 1. The Labute approximate surface area is 98.7 Å². The maximum absolute atomic E-state index is 11.6. The van der Waals surface area contributed by atoms with E-state index in [1.165, 1.54) is 7.11 Å². The van der Waals surface area contributed by atoms with Crippen LogP contribution in [0.15, 0.2) is 29.2 Å². The lowest BCUT2D eigenvalue weighted by molar-refractivity contribution is 0.128. The number of aromatic nitrogens is 1. The molecule has 5 nitrogen and oxygen atoms in total. The second kappa shape index (κ2) is 4.86. The molecule has 0 spiro atoms. The number of nitrogens with zero attached hydrogens (tertiary/aromatic N) is 1. The van der Waals surface area contributed by atoms with E-state index in [1.54, 1.807) is 23.2 Å². The summed E-state index contributed by atoms with van der Waals surface area (Å²) in [4.78, 5) is 27.3. The van der Waals surface area contributed by atoms with Crippen molar-refractivity contribution in [2.24, 2.45) is 0 Å². The lowest BCUT2D eigenvalue weighted by Crippen LogP contribution is -2.36. The number of carbonyl (C=O) groups excluding carboxylic acids is 1. The van der Waals surface area contributed by atoms with Gasteiger partial charge in [0.05, 0.1) is 7.11 Å². The molecule has 2 rings (SSSR count). The summed E-state index contributed by atoms with van der Waals surface area (Å²) in [6.07, 6.45) is 3.96. The molecule has 17 heavy (non-hydrogen) atoms. The Morgan fingerprint density at radius 2 is 2.35 bits per heavy atom. The van der Waals surface area contributed by atoms with Crippen molar-refractivity contribution in [3.63, 3.8) is 0 Å². The largest absolute Gasteiger partial charge is 0.453 e. The first-order chi connectivity index (χ1) is 8.22. The number of ether oxygens (including phenoxy) is 1. The SMILES string of the molecule is COC(=O)N1CCC=C(c2ccc[nH]c2=O)C1. The lowest BCUT2D eigenvalue weighted by Gasteiger charge is -2.25. The Morgan fingerprint density at radius 1 is 1.53 bits per heavy atom. The van der Waals surface area contributed by atoms with Gasteiger partial charge in [0, 0.05) is 24.8 Å². The van der Waals surface area contributed by atoms with E-state index in [4.69, 9.17) is 0 Å². The maximum Gasteiger partial charge on any atom is 0.409 e. The molecule has 90 valence electrons. The van der Waals surface area contributed by atoms with E-state index >= 15 is 0 Å². The quantitative estimate of drug-likeness (QED) is 0.795. The molecule has 1 amide bonds. The third-order valence-corrected chi connectivity index (χ3v) is 2.75. The van der Waals surface area contributed by atoms with Crippen LogP contribution in [0.25, 0.3) is 5.57 Å². The Kier molecular flexibility index (Phi) is 3.27. The molecule has 1 aromatic rings. The van der Waals surface area contributed by atoms with Crippen molar-refractivity contribution in [1.29, 1.82) is 0 Å².